The van der Waals surface area contributed by atoms with Crippen molar-refractivity contribution in [2.75, 3.05) is 20.8 Å². The number of hydrogen-bond acceptors (Lipinski definition) is 4. The van der Waals surface area contributed by atoms with Crippen LogP contribution in [0.5, 0.6) is 0 Å². The lowest BCUT2D eigenvalue weighted by Gasteiger charge is -2.44. The van der Waals surface area contributed by atoms with Crippen LogP contribution in [0.3, 0.4) is 0 Å². The number of rotatable bonds is 4. The van der Waals surface area contributed by atoms with Gasteiger partial charge in [-0.05, 0) is 13.3 Å². The van der Waals surface area contributed by atoms with E-state index in [1.165, 1.54) is 14.2 Å². The molecule has 0 aromatic carbocycles. The van der Waals surface area contributed by atoms with Gasteiger partial charge in [0.25, 0.3) is 0 Å². The molecule has 3 N–H and O–H groups in total. The molecule has 8 heteroatoms. The molecule has 2 aliphatic carbocycles. The second-order valence-electron chi connectivity index (χ2n) is 5.59. The minimum absolute atomic E-state index is 0.154. The molecule has 4 atom stereocenters. The third-order valence-corrected chi connectivity index (χ3v) is 7.12. The molecule has 20 heavy (non-hydrogen) atoms. The second-order valence-corrected chi connectivity index (χ2v) is 7.58. The number of nitrogens with two attached hydrogens (primary N) is 1. The van der Waals surface area contributed by atoms with E-state index in [-0.39, 0.29) is 23.1 Å². The Morgan fingerprint density at radius 1 is 1.30 bits per heavy atom. The Hall–Kier alpha value is 0.740. The standard InChI is InChI=1S/C12H17Cl4NO3/c1-9(17,5-18)6-4-10(15)7(13)8(14)11(6,16)12(10,19-2)20-3/h6,18H,4-5,17H2,1-3H3/t6-,9+,10-,11+/m1/s1. The fraction of sp³-hybridized carbons (Fsp3) is 0.833. The van der Waals surface area contributed by atoms with Crippen molar-refractivity contribution in [3.63, 3.8) is 0 Å². The number of ether oxygens (including phenoxy) is 2. The van der Waals surface area contributed by atoms with Crippen LogP contribution in [0, 0.1) is 5.92 Å². The van der Waals surface area contributed by atoms with Crippen molar-refractivity contribution in [2.24, 2.45) is 11.7 Å². The van der Waals surface area contributed by atoms with Crippen LogP contribution in [0.4, 0.5) is 0 Å². The number of halogens is 4. The molecule has 0 aromatic heterocycles. The number of aliphatic hydroxyl groups excluding tert-OH is 1. The molecule has 1 fully saturated rings. The van der Waals surface area contributed by atoms with Crippen LogP contribution in [0.25, 0.3) is 0 Å². The van der Waals surface area contributed by atoms with Crippen LogP contribution in [0.15, 0.2) is 10.1 Å². The SMILES string of the molecule is COC1(OC)[C@@]2(Cl)C[C@H]([C@@](C)(N)CO)[C@]1(Cl)C(Cl)=C2Cl. The molecule has 0 aliphatic heterocycles. The minimum Gasteiger partial charge on any atom is -0.394 e. The average molecular weight is 365 g/mol. The van der Waals surface area contributed by atoms with Gasteiger partial charge < -0.3 is 20.3 Å². The van der Waals surface area contributed by atoms with Gasteiger partial charge in [-0.3, -0.25) is 0 Å². The third kappa shape index (κ3) is 1.60. The second kappa shape index (κ2) is 4.87. The molecule has 0 spiro atoms. The molecule has 116 valence electrons. The zero-order valence-electron chi connectivity index (χ0n) is 11.3. The van der Waals surface area contributed by atoms with E-state index in [9.17, 15) is 5.11 Å². The van der Waals surface area contributed by atoms with Gasteiger partial charge in [-0.1, -0.05) is 23.2 Å². The highest BCUT2D eigenvalue weighted by Gasteiger charge is 2.82. The summed E-state index contributed by atoms with van der Waals surface area (Å²) >= 11 is 26.0. The highest BCUT2D eigenvalue weighted by molar-refractivity contribution is 6.52. The summed E-state index contributed by atoms with van der Waals surface area (Å²) in [6.45, 7) is 1.39. The van der Waals surface area contributed by atoms with E-state index in [2.05, 4.69) is 0 Å². The van der Waals surface area contributed by atoms with Gasteiger partial charge in [0.05, 0.1) is 16.7 Å². The van der Waals surface area contributed by atoms with Gasteiger partial charge >= 0.3 is 0 Å². The molecule has 0 heterocycles. The predicted octanol–water partition coefficient (Wildman–Crippen LogP) is 2.36. The molecular formula is C12H17Cl4NO3. The summed E-state index contributed by atoms with van der Waals surface area (Å²) in [7, 11) is 2.85. The first-order valence-electron chi connectivity index (χ1n) is 6.03. The first-order chi connectivity index (χ1) is 9.09. The Morgan fingerprint density at radius 3 is 2.15 bits per heavy atom. The third-order valence-electron chi connectivity index (χ3n) is 4.54. The number of alkyl halides is 2. The van der Waals surface area contributed by atoms with Crippen molar-refractivity contribution in [3.05, 3.63) is 10.1 Å². The number of methoxy groups -OCH3 is 2. The lowest BCUT2D eigenvalue weighted by Crippen LogP contribution is -2.61. The van der Waals surface area contributed by atoms with Gasteiger partial charge in [0, 0.05) is 25.7 Å². The van der Waals surface area contributed by atoms with E-state index in [1.807, 2.05) is 0 Å². The summed E-state index contributed by atoms with van der Waals surface area (Å²) in [5.74, 6) is -1.92. The molecule has 4 nitrogen and oxygen atoms in total. The molecule has 1 saturated carbocycles. The zero-order valence-corrected chi connectivity index (χ0v) is 14.4. The summed E-state index contributed by atoms with van der Waals surface area (Å²) < 4.78 is 11.0. The molecule has 2 aliphatic rings. The van der Waals surface area contributed by atoms with Gasteiger partial charge in [-0.15, -0.1) is 23.2 Å². The van der Waals surface area contributed by atoms with E-state index in [0.29, 0.717) is 0 Å². The van der Waals surface area contributed by atoms with E-state index in [1.54, 1.807) is 6.92 Å². The average Bonchev–Trinajstić information content (AvgIpc) is 2.70. The highest BCUT2D eigenvalue weighted by atomic mass is 35.5. The normalized spacial score (nSPS) is 42.1. The van der Waals surface area contributed by atoms with Crippen molar-refractivity contribution in [1.82, 2.24) is 0 Å². The molecule has 2 bridgehead atoms. The van der Waals surface area contributed by atoms with Crippen LogP contribution in [0.1, 0.15) is 13.3 Å². The summed E-state index contributed by atoms with van der Waals surface area (Å²) in [5.41, 5.74) is 5.15. The molecule has 0 radical (unpaired) electrons. The summed E-state index contributed by atoms with van der Waals surface area (Å²) in [6, 6.07) is 0. The van der Waals surface area contributed by atoms with Crippen LogP contribution in [0.2, 0.25) is 0 Å². The molecule has 2 rings (SSSR count). The highest BCUT2D eigenvalue weighted by Crippen LogP contribution is 2.72. The van der Waals surface area contributed by atoms with Gasteiger partial charge in [-0.25, -0.2) is 0 Å². The van der Waals surface area contributed by atoms with Gasteiger partial charge in [0.2, 0.25) is 5.79 Å². The lowest BCUT2D eigenvalue weighted by atomic mass is 9.77. The van der Waals surface area contributed by atoms with Crippen molar-refractivity contribution in [2.45, 2.75) is 34.4 Å². The van der Waals surface area contributed by atoms with Gasteiger partial charge in [0.15, 0.2) is 0 Å². The Morgan fingerprint density at radius 2 is 1.80 bits per heavy atom. The van der Waals surface area contributed by atoms with Gasteiger partial charge in [0.1, 0.15) is 9.75 Å². The fourth-order valence-electron chi connectivity index (χ4n) is 3.44. The largest absolute Gasteiger partial charge is 0.394 e. The van der Waals surface area contributed by atoms with E-state index < -0.39 is 27.0 Å². The Kier molecular flexibility index (Phi) is 4.16. The lowest BCUT2D eigenvalue weighted by molar-refractivity contribution is -0.220. The monoisotopic (exact) mass is 363 g/mol. The summed E-state index contributed by atoms with van der Waals surface area (Å²) in [4.78, 5) is -2.60. The molecule has 0 saturated heterocycles. The number of aliphatic hydroxyl groups is 1. The quantitative estimate of drug-likeness (QED) is 0.593. The smallest absolute Gasteiger partial charge is 0.217 e. The van der Waals surface area contributed by atoms with Crippen LogP contribution in [-0.4, -0.2) is 47.0 Å². The molecule has 0 aromatic rings. The van der Waals surface area contributed by atoms with Crippen LogP contribution < -0.4 is 5.73 Å². The fourth-order valence-corrected chi connectivity index (χ4v) is 5.64. The topological polar surface area (TPSA) is 64.7 Å². The summed E-state index contributed by atoms with van der Waals surface area (Å²) in [6.07, 6.45) is 0.280. The zero-order chi connectivity index (χ0) is 15.6. The maximum Gasteiger partial charge on any atom is 0.217 e. The number of fused-ring (bicyclic) bond motifs is 2. The van der Waals surface area contributed by atoms with Crippen LogP contribution in [-0.2, 0) is 9.47 Å². The predicted molar refractivity (Wildman–Crippen MR) is 80.4 cm³/mol. The van der Waals surface area contributed by atoms with E-state index >= 15 is 0 Å². The molecule has 0 amide bonds. The number of hydrogen-bond donors (Lipinski definition) is 2. The molecule has 0 unspecified atom stereocenters. The Labute approximate surface area is 138 Å². The first kappa shape index (κ1) is 17.1. The maximum absolute atomic E-state index is 9.55. The van der Waals surface area contributed by atoms with Gasteiger partial charge in [-0.2, -0.15) is 0 Å². The first-order valence-corrected chi connectivity index (χ1v) is 7.54. The van der Waals surface area contributed by atoms with Crippen molar-refractivity contribution < 1.29 is 14.6 Å². The van der Waals surface area contributed by atoms with Crippen molar-refractivity contribution in [1.29, 1.82) is 0 Å². The maximum atomic E-state index is 9.55. The van der Waals surface area contributed by atoms with E-state index in [4.69, 9.17) is 61.6 Å². The summed E-state index contributed by atoms with van der Waals surface area (Å²) in [5, 5.41) is 9.90. The van der Waals surface area contributed by atoms with Crippen molar-refractivity contribution >= 4 is 46.4 Å². The van der Waals surface area contributed by atoms with E-state index in [0.717, 1.165) is 0 Å². The Balaban J connectivity index is 2.70. The van der Waals surface area contributed by atoms with Crippen molar-refractivity contribution in [3.8, 4) is 0 Å². The minimum atomic E-state index is -1.45. The Bertz CT molecular complexity index is 466. The van der Waals surface area contributed by atoms with Crippen LogP contribution >= 0.6 is 46.4 Å². The molecular weight excluding hydrogens is 348 g/mol.